The highest BCUT2D eigenvalue weighted by Crippen LogP contribution is 2.43. The van der Waals surface area contributed by atoms with Gasteiger partial charge >= 0.3 is 5.97 Å². The molecule has 148 valence electrons. The van der Waals surface area contributed by atoms with Gasteiger partial charge in [0.2, 0.25) is 0 Å². The zero-order valence-electron chi connectivity index (χ0n) is 17.0. The van der Waals surface area contributed by atoms with Crippen molar-refractivity contribution in [3.63, 3.8) is 0 Å². The predicted octanol–water partition coefficient (Wildman–Crippen LogP) is 4.86. The average Bonchev–Trinajstić information content (AvgIpc) is 3.21. The smallest absolute Gasteiger partial charge is 0.305 e. The molecule has 2 aliphatic rings. The maximum Gasteiger partial charge on any atom is 0.305 e. The minimum Gasteiger partial charge on any atom is -0.466 e. The van der Waals surface area contributed by atoms with Crippen LogP contribution in [0.3, 0.4) is 0 Å². The number of ether oxygens (including phenoxy) is 2. The molecule has 2 fully saturated rings. The van der Waals surface area contributed by atoms with Crippen LogP contribution in [-0.2, 0) is 19.1 Å². The van der Waals surface area contributed by atoms with Crippen molar-refractivity contribution in [1.82, 2.24) is 0 Å². The van der Waals surface area contributed by atoms with Gasteiger partial charge in [0.15, 0.2) is 0 Å². The molecule has 0 aromatic heterocycles. The van der Waals surface area contributed by atoms with E-state index in [1.165, 1.54) is 0 Å². The van der Waals surface area contributed by atoms with Crippen LogP contribution in [0.1, 0.15) is 79.1 Å². The molecule has 4 atom stereocenters. The van der Waals surface area contributed by atoms with Crippen LogP contribution in [-0.4, -0.2) is 30.1 Å². The molecule has 2 rings (SSSR count). The fourth-order valence-electron chi connectivity index (χ4n) is 4.23. The summed E-state index contributed by atoms with van der Waals surface area (Å²) in [6.45, 7) is 12.5. The summed E-state index contributed by atoms with van der Waals surface area (Å²) in [6, 6.07) is 0. The van der Waals surface area contributed by atoms with Gasteiger partial charge in [-0.1, -0.05) is 39.7 Å². The summed E-state index contributed by atoms with van der Waals surface area (Å²) >= 11 is 0. The van der Waals surface area contributed by atoms with E-state index in [0.29, 0.717) is 25.4 Å². The van der Waals surface area contributed by atoms with Gasteiger partial charge in [0.05, 0.1) is 18.3 Å². The second-order valence-corrected chi connectivity index (χ2v) is 9.13. The molecular weight excluding hydrogens is 328 g/mol. The van der Waals surface area contributed by atoms with E-state index in [9.17, 15) is 9.59 Å². The number of cyclic esters (lactones) is 1. The highest BCUT2D eigenvalue weighted by Gasteiger charge is 2.51. The van der Waals surface area contributed by atoms with Crippen LogP contribution in [0.4, 0.5) is 0 Å². The van der Waals surface area contributed by atoms with E-state index in [4.69, 9.17) is 9.47 Å². The summed E-state index contributed by atoms with van der Waals surface area (Å²) in [5.41, 5.74) is -0.566. The van der Waals surface area contributed by atoms with Gasteiger partial charge in [0.25, 0.3) is 0 Å². The zero-order chi connectivity index (χ0) is 19.4. The van der Waals surface area contributed by atoms with Gasteiger partial charge in [0, 0.05) is 24.2 Å². The molecule has 26 heavy (non-hydrogen) atoms. The van der Waals surface area contributed by atoms with E-state index in [-0.39, 0.29) is 35.8 Å². The number of hydrogen-bond acceptors (Lipinski definition) is 4. The van der Waals surface area contributed by atoms with Crippen LogP contribution in [0.15, 0.2) is 12.7 Å². The number of fused-ring (bicyclic) bond motifs is 1. The Morgan fingerprint density at radius 3 is 2.62 bits per heavy atom. The van der Waals surface area contributed by atoms with Crippen molar-refractivity contribution < 1.29 is 19.1 Å². The van der Waals surface area contributed by atoms with Gasteiger partial charge in [-0.3, -0.25) is 9.59 Å². The molecule has 4 unspecified atom stereocenters. The van der Waals surface area contributed by atoms with E-state index in [1.54, 1.807) is 0 Å². The number of carbonyl (C=O) groups is 2. The number of carbonyl (C=O) groups excluding carboxylic acids is 2. The Morgan fingerprint density at radius 2 is 1.92 bits per heavy atom. The highest BCUT2D eigenvalue weighted by atomic mass is 16.6. The number of epoxide rings is 1. The molecule has 2 saturated heterocycles. The minimum absolute atomic E-state index is 0.0121. The number of esters is 1. The molecule has 0 bridgehead atoms. The summed E-state index contributed by atoms with van der Waals surface area (Å²) < 4.78 is 11.2. The van der Waals surface area contributed by atoms with Crippen molar-refractivity contribution >= 4 is 11.8 Å². The Hall–Kier alpha value is -1.16. The van der Waals surface area contributed by atoms with Gasteiger partial charge in [-0.15, -0.1) is 6.58 Å². The molecule has 0 aliphatic carbocycles. The van der Waals surface area contributed by atoms with E-state index < -0.39 is 5.41 Å². The molecule has 2 heterocycles. The Balaban J connectivity index is 2.06. The van der Waals surface area contributed by atoms with Crippen LogP contribution in [0.5, 0.6) is 0 Å². The maximum absolute atomic E-state index is 13.1. The van der Waals surface area contributed by atoms with Crippen molar-refractivity contribution in [3.05, 3.63) is 12.7 Å². The molecule has 4 heteroatoms. The lowest BCUT2D eigenvalue weighted by atomic mass is 9.74. The monoisotopic (exact) mass is 364 g/mol. The lowest BCUT2D eigenvalue weighted by Gasteiger charge is -2.29. The number of Topliss-reactive ketones (excluding diaryl/α,β-unsaturated/α-hetero) is 1. The number of rotatable bonds is 2. The summed E-state index contributed by atoms with van der Waals surface area (Å²) in [5, 5.41) is 0. The summed E-state index contributed by atoms with van der Waals surface area (Å²) in [5.74, 6) is 0.524. The van der Waals surface area contributed by atoms with E-state index in [2.05, 4.69) is 20.4 Å². The third kappa shape index (κ3) is 5.67. The van der Waals surface area contributed by atoms with Crippen molar-refractivity contribution in [2.24, 2.45) is 17.3 Å². The topological polar surface area (TPSA) is 55.9 Å². The molecule has 0 N–H and O–H groups in total. The van der Waals surface area contributed by atoms with Crippen LogP contribution in [0.25, 0.3) is 0 Å². The van der Waals surface area contributed by atoms with Crippen LogP contribution in [0, 0.1) is 17.3 Å². The molecule has 2 aliphatic heterocycles. The zero-order valence-corrected chi connectivity index (χ0v) is 17.0. The molecular formula is C22H36O4. The number of ketones is 1. The third-order valence-corrected chi connectivity index (χ3v) is 6.18. The molecule has 0 aromatic rings. The van der Waals surface area contributed by atoms with E-state index in [0.717, 1.165) is 32.1 Å². The van der Waals surface area contributed by atoms with Gasteiger partial charge in [-0.25, -0.2) is 0 Å². The van der Waals surface area contributed by atoms with Gasteiger partial charge in [0.1, 0.15) is 5.78 Å². The second-order valence-electron chi connectivity index (χ2n) is 9.13. The fraction of sp³-hybridized carbons (Fsp3) is 0.818. The first kappa shape index (κ1) is 21.1. The molecule has 4 nitrogen and oxygen atoms in total. The predicted molar refractivity (Wildman–Crippen MR) is 103 cm³/mol. The maximum atomic E-state index is 13.1. The third-order valence-electron chi connectivity index (χ3n) is 6.18. The van der Waals surface area contributed by atoms with Gasteiger partial charge < -0.3 is 9.47 Å². The summed E-state index contributed by atoms with van der Waals surface area (Å²) in [6.07, 6.45) is 8.49. The SMILES string of the molecule is C=CCC1CC(C)CCCC2(C)OC2CCOC(=O)CCC(C)(C)C1=O. The number of allylic oxidation sites excluding steroid dienone is 1. The fourth-order valence-corrected chi connectivity index (χ4v) is 4.23. The van der Waals surface area contributed by atoms with Gasteiger partial charge in [-0.05, 0) is 38.5 Å². The first-order valence-corrected chi connectivity index (χ1v) is 10.2. The molecule has 0 radical (unpaired) electrons. The normalized spacial score (nSPS) is 36.7. The van der Waals surface area contributed by atoms with E-state index in [1.807, 2.05) is 19.9 Å². The average molecular weight is 365 g/mol. The van der Waals surface area contributed by atoms with Crippen molar-refractivity contribution in [2.75, 3.05) is 6.61 Å². The Morgan fingerprint density at radius 1 is 1.19 bits per heavy atom. The quantitative estimate of drug-likeness (QED) is 0.399. The lowest BCUT2D eigenvalue weighted by Crippen LogP contribution is -2.32. The lowest BCUT2D eigenvalue weighted by molar-refractivity contribution is -0.145. The summed E-state index contributed by atoms with van der Waals surface area (Å²) in [7, 11) is 0. The largest absolute Gasteiger partial charge is 0.466 e. The van der Waals surface area contributed by atoms with E-state index >= 15 is 0 Å². The Kier molecular flexibility index (Phi) is 7.06. The number of hydrogen-bond donors (Lipinski definition) is 0. The molecule has 0 saturated carbocycles. The molecule has 0 spiro atoms. The van der Waals surface area contributed by atoms with Crippen molar-refractivity contribution in [1.29, 1.82) is 0 Å². The first-order valence-electron chi connectivity index (χ1n) is 10.2. The Bertz CT molecular complexity index is 524. The Labute approximate surface area is 158 Å². The molecule has 0 amide bonds. The standard InChI is InChI=1S/C22H36O4/c1-6-8-17-15-16(2)9-7-12-22(5)18(26-22)11-14-25-19(23)10-13-21(3,4)20(17)24/h6,16-18H,1,7-15H2,2-5H3. The van der Waals surface area contributed by atoms with Crippen molar-refractivity contribution in [3.8, 4) is 0 Å². The van der Waals surface area contributed by atoms with Crippen LogP contribution in [0.2, 0.25) is 0 Å². The highest BCUT2D eigenvalue weighted by molar-refractivity contribution is 5.87. The van der Waals surface area contributed by atoms with Crippen LogP contribution < -0.4 is 0 Å². The minimum atomic E-state index is -0.512. The second kappa shape index (κ2) is 8.69. The van der Waals surface area contributed by atoms with Crippen molar-refractivity contribution in [2.45, 2.75) is 90.8 Å². The van der Waals surface area contributed by atoms with Gasteiger partial charge in [-0.2, -0.15) is 0 Å². The summed E-state index contributed by atoms with van der Waals surface area (Å²) in [4.78, 5) is 25.1. The van der Waals surface area contributed by atoms with Crippen LogP contribution >= 0.6 is 0 Å². The first-order chi connectivity index (χ1) is 12.2. The molecule has 0 aromatic carbocycles.